The van der Waals surface area contributed by atoms with E-state index in [0.717, 1.165) is 30.0 Å². The van der Waals surface area contributed by atoms with Crippen molar-refractivity contribution >= 4 is 23.2 Å². The molecule has 2 heterocycles. The maximum Gasteiger partial charge on any atom is 0.342 e. The van der Waals surface area contributed by atoms with E-state index in [1.54, 1.807) is 35.6 Å². The molecule has 2 aromatic rings. The number of rotatable bonds is 6. The fraction of sp³-hybridized carbons (Fsp3) is 0.476. The molecule has 0 radical (unpaired) electrons. The molecule has 28 heavy (non-hydrogen) atoms. The van der Waals surface area contributed by atoms with Gasteiger partial charge in [-0.2, -0.15) is 0 Å². The van der Waals surface area contributed by atoms with Gasteiger partial charge in [-0.25, -0.2) is 9.78 Å². The van der Waals surface area contributed by atoms with Crippen molar-refractivity contribution in [2.75, 3.05) is 6.61 Å². The van der Waals surface area contributed by atoms with Crippen molar-refractivity contribution < 1.29 is 19.1 Å². The van der Waals surface area contributed by atoms with E-state index < -0.39 is 5.97 Å². The van der Waals surface area contributed by atoms with E-state index in [-0.39, 0.29) is 31.2 Å². The minimum Gasteiger partial charge on any atom is -0.486 e. The third-order valence-corrected chi connectivity index (χ3v) is 5.78. The predicted octanol–water partition coefficient (Wildman–Crippen LogP) is 3.98. The summed E-state index contributed by atoms with van der Waals surface area (Å²) in [6, 6.07) is 7.24. The van der Waals surface area contributed by atoms with Crippen molar-refractivity contribution in [3.05, 3.63) is 45.9 Å². The standard InChI is InChI=1S/C21H26N2O4S/c1-14-7-6-8-15(2)23(14)20(24)12-27-21(25)18-9-4-5-10-19(18)26-11-17-13-28-16(3)22-17/h4-5,9-10,13-15H,6-8,11-12H2,1-3H3/t14-,15+. The minimum atomic E-state index is -0.560. The number of esters is 1. The molecule has 1 aromatic heterocycles. The van der Waals surface area contributed by atoms with Crippen molar-refractivity contribution in [1.29, 1.82) is 0 Å². The molecule has 0 aliphatic carbocycles. The van der Waals surface area contributed by atoms with Gasteiger partial charge < -0.3 is 14.4 Å². The summed E-state index contributed by atoms with van der Waals surface area (Å²) in [5.74, 6) is -0.287. The lowest BCUT2D eigenvalue weighted by atomic mass is 9.97. The number of carbonyl (C=O) groups is 2. The summed E-state index contributed by atoms with van der Waals surface area (Å²) < 4.78 is 11.1. The quantitative estimate of drug-likeness (QED) is 0.684. The highest BCUT2D eigenvalue weighted by molar-refractivity contribution is 7.09. The Morgan fingerprint density at radius 2 is 1.93 bits per heavy atom. The second kappa shape index (κ2) is 9.19. The molecule has 1 aliphatic heterocycles. The average molecular weight is 403 g/mol. The molecule has 0 spiro atoms. The van der Waals surface area contributed by atoms with Gasteiger partial charge in [0.05, 0.1) is 10.7 Å². The molecule has 0 saturated carbocycles. The van der Waals surface area contributed by atoms with Crippen molar-refractivity contribution in [3.8, 4) is 5.75 Å². The monoisotopic (exact) mass is 402 g/mol. The molecular formula is C21H26N2O4S. The number of piperidine rings is 1. The lowest BCUT2D eigenvalue weighted by Crippen LogP contribution is -2.49. The van der Waals surface area contributed by atoms with Crippen molar-refractivity contribution in [2.24, 2.45) is 0 Å². The number of likely N-dealkylation sites (tertiary alicyclic amines) is 1. The number of hydrogen-bond acceptors (Lipinski definition) is 6. The third kappa shape index (κ3) is 4.90. The van der Waals surface area contributed by atoms with Crippen LogP contribution in [0.2, 0.25) is 0 Å². The van der Waals surface area contributed by atoms with Gasteiger partial charge in [-0.15, -0.1) is 11.3 Å². The molecule has 150 valence electrons. The van der Waals surface area contributed by atoms with Crippen LogP contribution < -0.4 is 4.74 Å². The highest BCUT2D eigenvalue weighted by atomic mass is 32.1. The smallest absolute Gasteiger partial charge is 0.342 e. The highest BCUT2D eigenvalue weighted by Gasteiger charge is 2.29. The largest absolute Gasteiger partial charge is 0.486 e. The van der Waals surface area contributed by atoms with Gasteiger partial charge in [0.25, 0.3) is 5.91 Å². The summed E-state index contributed by atoms with van der Waals surface area (Å²) in [7, 11) is 0. The van der Waals surface area contributed by atoms with Crippen LogP contribution >= 0.6 is 11.3 Å². The molecule has 0 N–H and O–H groups in total. The van der Waals surface area contributed by atoms with Crippen LogP contribution in [0.25, 0.3) is 0 Å². The highest BCUT2D eigenvalue weighted by Crippen LogP contribution is 2.24. The van der Waals surface area contributed by atoms with Gasteiger partial charge in [-0.3, -0.25) is 4.79 Å². The Morgan fingerprint density at radius 1 is 1.21 bits per heavy atom. The van der Waals surface area contributed by atoms with Crippen LogP contribution in [0.4, 0.5) is 0 Å². The molecule has 1 saturated heterocycles. The molecular weight excluding hydrogens is 376 g/mol. The number of amides is 1. The lowest BCUT2D eigenvalue weighted by Gasteiger charge is -2.38. The molecule has 1 aromatic carbocycles. The molecule has 0 bridgehead atoms. The van der Waals surface area contributed by atoms with Crippen LogP contribution in [0.15, 0.2) is 29.6 Å². The van der Waals surface area contributed by atoms with Gasteiger partial charge >= 0.3 is 5.97 Å². The number of thiazole rings is 1. The van der Waals surface area contributed by atoms with Crippen LogP contribution in [0.3, 0.4) is 0 Å². The predicted molar refractivity (Wildman–Crippen MR) is 108 cm³/mol. The summed E-state index contributed by atoms with van der Waals surface area (Å²) in [5.41, 5.74) is 1.12. The molecule has 7 heteroatoms. The fourth-order valence-electron chi connectivity index (χ4n) is 3.58. The third-order valence-electron chi connectivity index (χ3n) is 4.96. The first-order valence-electron chi connectivity index (χ1n) is 9.57. The Kier molecular flexibility index (Phi) is 6.67. The Labute approximate surface area is 169 Å². The summed E-state index contributed by atoms with van der Waals surface area (Å²) >= 11 is 1.55. The number of aryl methyl sites for hydroxylation is 1. The number of carbonyl (C=O) groups excluding carboxylic acids is 2. The summed E-state index contributed by atoms with van der Waals surface area (Å²) in [6.45, 7) is 6.03. The average Bonchev–Trinajstić information content (AvgIpc) is 3.10. The first-order chi connectivity index (χ1) is 13.5. The van der Waals surface area contributed by atoms with E-state index in [0.29, 0.717) is 11.3 Å². The van der Waals surface area contributed by atoms with Gasteiger partial charge in [-0.05, 0) is 52.2 Å². The molecule has 1 fully saturated rings. The van der Waals surface area contributed by atoms with E-state index in [9.17, 15) is 9.59 Å². The van der Waals surface area contributed by atoms with Crippen molar-refractivity contribution in [2.45, 2.75) is 58.7 Å². The topological polar surface area (TPSA) is 68.7 Å². The zero-order valence-electron chi connectivity index (χ0n) is 16.5. The minimum absolute atomic E-state index is 0.149. The Hall–Kier alpha value is -2.41. The molecule has 0 unspecified atom stereocenters. The maximum atomic E-state index is 12.6. The van der Waals surface area contributed by atoms with Crippen molar-refractivity contribution in [1.82, 2.24) is 9.88 Å². The first kappa shape index (κ1) is 20.3. The van der Waals surface area contributed by atoms with E-state index in [1.165, 1.54) is 0 Å². The maximum absolute atomic E-state index is 12.6. The number of para-hydroxylation sites is 1. The van der Waals surface area contributed by atoms with E-state index in [2.05, 4.69) is 4.98 Å². The van der Waals surface area contributed by atoms with Gasteiger partial charge in [0.1, 0.15) is 17.9 Å². The Balaban J connectivity index is 1.60. The SMILES string of the molecule is Cc1nc(COc2ccccc2C(=O)OCC(=O)N2[C@H](C)CCC[C@@H]2C)cs1. The first-order valence-corrected chi connectivity index (χ1v) is 10.4. The second-order valence-electron chi connectivity index (χ2n) is 7.15. The van der Waals surface area contributed by atoms with Crippen LogP contribution in [-0.4, -0.2) is 40.5 Å². The number of ether oxygens (including phenoxy) is 2. The van der Waals surface area contributed by atoms with Gasteiger partial charge in [0.2, 0.25) is 0 Å². The van der Waals surface area contributed by atoms with E-state index >= 15 is 0 Å². The molecule has 1 amide bonds. The van der Waals surface area contributed by atoms with Crippen LogP contribution in [0.1, 0.15) is 54.2 Å². The summed E-state index contributed by atoms with van der Waals surface area (Å²) in [5, 5.41) is 2.89. The number of aromatic nitrogens is 1. The zero-order valence-corrected chi connectivity index (χ0v) is 17.3. The van der Waals surface area contributed by atoms with Crippen LogP contribution in [0.5, 0.6) is 5.75 Å². The Bertz CT molecular complexity index is 825. The second-order valence-corrected chi connectivity index (χ2v) is 8.21. The fourth-order valence-corrected chi connectivity index (χ4v) is 4.18. The van der Waals surface area contributed by atoms with Crippen molar-refractivity contribution in [3.63, 3.8) is 0 Å². The van der Waals surface area contributed by atoms with Crippen LogP contribution in [0, 0.1) is 6.92 Å². The molecule has 6 nitrogen and oxygen atoms in total. The zero-order chi connectivity index (χ0) is 20.1. The normalized spacial score (nSPS) is 19.3. The van der Waals surface area contributed by atoms with Gasteiger partial charge in [-0.1, -0.05) is 12.1 Å². The summed E-state index contributed by atoms with van der Waals surface area (Å²) in [6.07, 6.45) is 3.09. The number of benzene rings is 1. The number of hydrogen-bond donors (Lipinski definition) is 0. The lowest BCUT2D eigenvalue weighted by molar-refractivity contribution is -0.140. The van der Waals surface area contributed by atoms with E-state index in [1.807, 2.05) is 31.1 Å². The van der Waals surface area contributed by atoms with Gasteiger partial charge in [0.15, 0.2) is 6.61 Å². The van der Waals surface area contributed by atoms with E-state index in [4.69, 9.17) is 9.47 Å². The molecule has 1 aliphatic rings. The Morgan fingerprint density at radius 3 is 2.61 bits per heavy atom. The molecule has 2 atom stereocenters. The van der Waals surface area contributed by atoms with Gasteiger partial charge in [0, 0.05) is 17.5 Å². The summed E-state index contributed by atoms with van der Waals surface area (Å²) in [4.78, 5) is 31.3. The molecule has 3 rings (SSSR count). The number of nitrogens with zero attached hydrogens (tertiary/aromatic N) is 2. The van der Waals surface area contributed by atoms with Crippen LogP contribution in [-0.2, 0) is 16.1 Å².